The quantitative estimate of drug-likeness (QED) is 0.507. The van der Waals surface area contributed by atoms with Gasteiger partial charge >= 0.3 is 0 Å². The van der Waals surface area contributed by atoms with Crippen molar-refractivity contribution in [3.63, 3.8) is 0 Å². The molecule has 1 N–H and O–H groups in total. The molecule has 2 heterocycles. The van der Waals surface area contributed by atoms with Crippen LogP contribution in [0.1, 0.15) is 24.6 Å². The Kier molecular flexibility index (Phi) is 6.87. The van der Waals surface area contributed by atoms with Gasteiger partial charge in [0.2, 0.25) is 0 Å². The molecule has 1 aliphatic rings. The van der Waals surface area contributed by atoms with Crippen molar-refractivity contribution in [2.75, 3.05) is 19.6 Å². The van der Waals surface area contributed by atoms with Crippen molar-refractivity contribution in [1.29, 1.82) is 0 Å². The van der Waals surface area contributed by atoms with Crippen LogP contribution in [0.25, 0.3) is 0 Å². The molecular formula is C12H20IN3S. The molecule has 1 saturated heterocycles. The molecule has 1 aliphatic heterocycles. The highest BCUT2D eigenvalue weighted by atomic mass is 127. The molecule has 1 fully saturated rings. The summed E-state index contributed by atoms with van der Waals surface area (Å²) < 4.78 is 0. The van der Waals surface area contributed by atoms with Crippen LogP contribution >= 0.6 is 35.3 Å². The first-order valence-corrected chi connectivity index (χ1v) is 6.83. The van der Waals surface area contributed by atoms with Crippen LogP contribution in [0.5, 0.6) is 0 Å². The third-order valence-corrected chi connectivity index (χ3v) is 3.57. The predicted octanol–water partition coefficient (Wildman–Crippen LogP) is 2.93. The Morgan fingerprint density at radius 3 is 2.82 bits per heavy atom. The highest BCUT2D eigenvalue weighted by molar-refractivity contribution is 14.0. The third-order valence-electron chi connectivity index (χ3n) is 2.71. The lowest BCUT2D eigenvalue weighted by molar-refractivity contribution is 0.494. The Hall–Kier alpha value is -0.300. The second-order valence-corrected chi connectivity index (χ2v) is 4.98. The van der Waals surface area contributed by atoms with E-state index in [1.165, 1.54) is 17.7 Å². The van der Waals surface area contributed by atoms with E-state index in [4.69, 9.17) is 0 Å². The molecular weight excluding hydrogens is 345 g/mol. The maximum absolute atomic E-state index is 4.68. The van der Waals surface area contributed by atoms with Crippen molar-refractivity contribution in [3.8, 4) is 0 Å². The number of guanidine groups is 1. The number of nitrogens with one attached hydrogen (secondary N) is 1. The fraction of sp³-hybridized carbons (Fsp3) is 0.583. The summed E-state index contributed by atoms with van der Waals surface area (Å²) in [6.07, 6.45) is 2.59. The highest BCUT2D eigenvalue weighted by Crippen LogP contribution is 2.11. The zero-order valence-corrected chi connectivity index (χ0v) is 13.3. The van der Waals surface area contributed by atoms with Crippen LogP contribution in [0.4, 0.5) is 0 Å². The first kappa shape index (κ1) is 14.8. The van der Waals surface area contributed by atoms with Crippen molar-refractivity contribution in [2.24, 2.45) is 4.99 Å². The summed E-state index contributed by atoms with van der Waals surface area (Å²) in [5, 5.41) is 5.47. The van der Waals surface area contributed by atoms with Gasteiger partial charge in [-0.1, -0.05) is 6.07 Å². The topological polar surface area (TPSA) is 27.6 Å². The number of thiophene rings is 1. The van der Waals surface area contributed by atoms with Crippen LogP contribution < -0.4 is 5.32 Å². The van der Waals surface area contributed by atoms with Crippen molar-refractivity contribution < 1.29 is 0 Å². The summed E-state index contributed by atoms with van der Waals surface area (Å²) in [5.74, 6) is 1.08. The molecule has 1 aromatic heterocycles. The van der Waals surface area contributed by atoms with Crippen LogP contribution in [0.3, 0.4) is 0 Å². The minimum absolute atomic E-state index is 0. The second kappa shape index (κ2) is 7.92. The monoisotopic (exact) mass is 365 g/mol. The van der Waals surface area contributed by atoms with Gasteiger partial charge in [-0.05, 0) is 31.2 Å². The SMILES string of the molecule is CCNC(=NCc1cccs1)N1CCCC1.I. The van der Waals surface area contributed by atoms with Crippen molar-refractivity contribution in [1.82, 2.24) is 10.2 Å². The molecule has 0 amide bonds. The van der Waals surface area contributed by atoms with E-state index in [2.05, 4.69) is 39.6 Å². The number of nitrogens with zero attached hydrogens (tertiary/aromatic N) is 2. The number of rotatable bonds is 3. The van der Waals surface area contributed by atoms with E-state index in [-0.39, 0.29) is 24.0 Å². The second-order valence-electron chi connectivity index (χ2n) is 3.94. The maximum Gasteiger partial charge on any atom is 0.194 e. The van der Waals surface area contributed by atoms with Gasteiger partial charge in [0.15, 0.2) is 5.96 Å². The zero-order valence-electron chi connectivity index (χ0n) is 10.2. The summed E-state index contributed by atoms with van der Waals surface area (Å²) in [6.45, 7) is 6.17. The molecule has 0 radical (unpaired) electrons. The van der Waals surface area contributed by atoms with Crippen molar-refractivity contribution >= 4 is 41.3 Å². The van der Waals surface area contributed by atoms with Crippen molar-refractivity contribution in [3.05, 3.63) is 22.4 Å². The molecule has 17 heavy (non-hydrogen) atoms. The largest absolute Gasteiger partial charge is 0.357 e. The molecule has 96 valence electrons. The lowest BCUT2D eigenvalue weighted by Crippen LogP contribution is -2.39. The Balaban J connectivity index is 0.00000144. The van der Waals surface area contributed by atoms with E-state index in [0.29, 0.717) is 0 Å². The van der Waals surface area contributed by atoms with Gasteiger partial charge in [-0.3, -0.25) is 0 Å². The molecule has 0 bridgehead atoms. The Morgan fingerprint density at radius 1 is 1.47 bits per heavy atom. The average Bonchev–Trinajstić information content (AvgIpc) is 2.96. The Labute approximate surface area is 124 Å². The first-order chi connectivity index (χ1) is 7.90. The highest BCUT2D eigenvalue weighted by Gasteiger charge is 2.15. The van der Waals surface area contributed by atoms with Crippen LogP contribution in [-0.4, -0.2) is 30.5 Å². The number of likely N-dealkylation sites (tertiary alicyclic amines) is 1. The molecule has 3 nitrogen and oxygen atoms in total. The summed E-state index contributed by atoms with van der Waals surface area (Å²) in [5.41, 5.74) is 0. The molecule has 2 rings (SSSR count). The molecule has 0 unspecified atom stereocenters. The van der Waals surface area contributed by atoms with E-state index in [0.717, 1.165) is 32.1 Å². The van der Waals surface area contributed by atoms with Gasteiger partial charge in [0.05, 0.1) is 6.54 Å². The molecule has 0 aliphatic carbocycles. The van der Waals surface area contributed by atoms with Gasteiger partial charge in [-0.25, -0.2) is 4.99 Å². The van der Waals surface area contributed by atoms with Gasteiger partial charge in [-0.2, -0.15) is 0 Å². The normalized spacial score (nSPS) is 15.8. The summed E-state index contributed by atoms with van der Waals surface area (Å²) in [4.78, 5) is 8.37. The summed E-state index contributed by atoms with van der Waals surface area (Å²) in [7, 11) is 0. The maximum atomic E-state index is 4.68. The van der Waals surface area contributed by atoms with Crippen LogP contribution in [-0.2, 0) is 6.54 Å². The molecule has 0 atom stereocenters. The summed E-state index contributed by atoms with van der Waals surface area (Å²) in [6, 6.07) is 4.22. The third kappa shape index (κ3) is 4.46. The van der Waals surface area contributed by atoms with Gasteiger partial charge in [0, 0.05) is 24.5 Å². The van der Waals surface area contributed by atoms with E-state index in [9.17, 15) is 0 Å². The predicted molar refractivity (Wildman–Crippen MR) is 85.4 cm³/mol. The standard InChI is InChI=1S/C12H19N3S.HI/c1-2-13-12(15-7-3-4-8-15)14-10-11-6-5-9-16-11;/h5-6,9H,2-4,7-8,10H2,1H3,(H,13,14);1H. The number of aliphatic imine (C=N–C) groups is 1. The van der Waals surface area contributed by atoms with E-state index in [1.54, 1.807) is 11.3 Å². The Bertz CT molecular complexity index is 332. The van der Waals surface area contributed by atoms with E-state index < -0.39 is 0 Å². The molecule has 0 saturated carbocycles. The fourth-order valence-corrected chi connectivity index (χ4v) is 2.54. The van der Waals surface area contributed by atoms with Gasteiger partial charge < -0.3 is 10.2 Å². The fourth-order valence-electron chi connectivity index (χ4n) is 1.91. The van der Waals surface area contributed by atoms with Crippen molar-refractivity contribution in [2.45, 2.75) is 26.3 Å². The first-order valence-electron chi connectivity index (χ1n) is 5.96. The molecule has 1 aromatic rings. The van der Waals surface area contributed by atoms with Gasteiger partial charge in [-0.15, -0.1) is 35.3 Å². The zero-order chi connectivity index (χ0) is 11.2. The lowest BCUT2D eigenvalue weighted by Gasteiger charge is -2.20. The minimum atomic E-state index is 0. The summed E-state index contributed by atoms with van der Waals surface area (Å²) >= 11 is 1.77. The van der Waals surface area contributed by atoms with Crippen LogP contribution in [0, 0.1) is 0 Å². The average molecular weight is 365 g/mol. The van der Waals surface area contributed by atoms with E-state index in [1.807, 2.05) is 0 Å². The Morgan fingerprint density at radius 2 is 2.24 bits per heavy atom. The minimum Gasteiger partial charge on any atom is -0.357 e. The van der Waals surface area contributed by atoms with Crippen LogP contribution in [0.15, 0.2) is 22.5 Å². The van der Waals surface area contributed by atoms with Gasteiger partial charge in [0.1, 0.15) is 0 Å². The van der Waals surface area contributed by atoms with Crippen LogP contribution in [0.2, 0.25) is 0 Å². The lowest BCUT2D eigenvalue weighted by atomic mass is 10.4. The molecule has 0 spiro atoms. The number of halogens is 1. The molecule has 0 aromatic carbocycles. The number of hydrogen-bond donors (Lipinski definition) is 1. The molecule has 5 heteroatoms. The number of hydrogen-bond acceptors (Lipinski definition) is 2. The smallest absolute Gasteiger partial charge is 0.194 e. The van der Waals surface area contributed by atoms with E-state index >= 15 is 0 Å². The van der Waals surface area contributed by atoms with Gasteiger partial charge in [0.25, 0.3) is 0 Å².